The van der Waals surface area contributed by atoms with E-state index >= 15 is 0 Å². The molecule has 1 N–H and O–H groups in total. The monoisotopic (exact) mass is 383 g/mol. The smallest absolute Gasteiger partial charge is 0.357 e. The summed E-state index contributed by atoms with van der Waals surface area (Å²) < 4.78 is 4.68. The van der Waals surface area contributed by atoms with Gasteiger partial charge in [-0.15, -0.1) is 11.3 Å². The van der Waals surface area contributed by atoms with E-state index in [1.165, 1.54) is 18.4 Å². The Hall–Kier alpha value is -2.93. The number of benzene rings is 2. The molecule has 140 valence electrons. The number of carbonyl (C=O) groups is 2. The van der Waals surface area contributed by atoms with Crippen molar-refractivity contribution in [1.82, 2.24) is 9.88 Å². The Morgan fingerprint density at radius 2 is 1.96 bits per heavy atom. The van der Waals surface area contributed by atoms with Crippen LogP contribution in [0.4, 0.5) is 10.5 Å². The van der Waals surface area contributed by atoms with E-state index in [9.17, 15) is 9.59 Å². The summed E-state index contributed by atoms with van der Waals surface area (Å²) in [5, 5.41) is 7.40. The lowest BCUT2D eigenvalue weighted by Gasteiger charge is -2.22. The van der Waals surface area contributed by atoms with Crippen LogP contribution in [-0.4, -0.2) is 35.5 Å². The fraction of sp³-hybridized carbons (Fsp3) is 0.250. The summed E-state index contributed by atoms with van der Waals surface area (Å²) in [6.07, 6.45) is 0.818. The molecule has 0 aliphatic carbocycles. The number of methoxy groups -OCH3 is 1. The number of rotatable bonds is 6. The minimum Gasteiger partial charge on any atom is -0.464 e. The van der Waals surface area contributed by atoms with Gasteiger partial charge in [-0.25, -0.2) is 14.6 Å². The van der Waals surface area contributed by atoms with E-state index in [-0.39, 0.29) is 11.7 Å². The van der Waals surface area contributed by atoms with Crippen LogP contribution in [0.15, 0.2) is 47.8 Å². The zero-order chi connectivity index (χ0) is 19.2. The van der Waals surface area contributed by atoms with Gasteiger partial charge in [0.2, 0.25) is 0 Å². The number of thiazole rings is 1. The van der Waals surface area contributed by atoms with Gasteiger partial charge < -0.3 is 15.0 Å². The van der Waals surface area contributed by atoms with E-state index in [1.807, 2.05) is 49.4 Å². The second-order valence-corrected chi connectivity index (χ2v) is 6.94. The molecule has 3 rings (SSSR count). The van der Waals surface area contributed by atoms with Crippen molar-refractivity contribution in [3.05, 3.63) is 58.5 Å². The molecule has 1 heterocycles. The van der Waals surface area contributed by atoms with Gasteiger partial charge in [0.25, 0.3) is 0 Å². The Balaban J connectivity index is 1.77. The molecule has 0 bridgehead atoms. The zero-order valence-electron chi connectivity index (χ0n) is 15.3. The molecule has 0 aliphatic heterocycles. The molecular formula is C20H21N3O3S. The highest BCUT2D eigenvalue weighted by Gasteiger charge is 2.18. The molecule has 0 unspecified atom stereocenters. The molecule has 1 aromatic heterocycles. The number of anilines is 1. The molecule has 0 saturated heterocycles. The first kappa shape index (κ1) is 18.8. The third kappa shape index (κ3) is 4.43. The highest BCUT2D eigenvalue weighted by atomic mass is 32.1. The van der Waals surface area contributed by atoms with Crippen LogP contribution < -0.4 is 5.32 Å². The second kappa shape index (κ2) is 8.64. The normalized spacial score (nSPS) is 10.6. The summed E-state index contributed by atoms with van der Waals surface area (Å²) in [7, 11) is 1.32. The Bertz CT molecular complexity index is 949. The first-order chi connectivity index (χ1) is 13.1. The number of nitrogens with zero attached hydrogens (tertiary/aromatic N) is 2. The van der Waals surface area contributed by atoms with Gasteiger partial charge in [-0.2, -0.15) is 0 Å². The summed E-state index contributed by atoms with van der Waals surface area (Å²) in [5.74, 6) is -0.472. The minimum atomic E-state index is -0.472. The summed E-state index contributed by atoms with van der Waals surface area (Å²) in [5.41, 5.74) is 1.04. The van der Waals surface area contributed by atoms with Crippen LogP contribution >= 0.6 is 11.3 Å². The van der Waals surface area contributed by atoms with Crippen molar-refractivity contribution >= 4 is 39.8 Å². The number of aromatic nitrogens is 1. The average molecular weight is 383 g/mol. The average Bonchev–Trinajstić information content (AvgIpc) is 3.16. The third-order valence-corrected chi connectivity index (χ3v) is 4.92. The van der Waals surface area contributed by atoms with E-state index in [4.69, 9.17) is 0 Å². The number of ether oxygens (including phenoxy) is 1. The highest BCUT2D eigenvalue weighted by molar-refractivity contribution is 7.09. The second-order valence-electron chi connectivity index (χ2n) is 6.00. The van der Waals surface area contributed by atoms with Crippen molar-refractivity contribution in [2.45, 2.75) is 19.9 Å². The lowest BCUT2D eigenvalue weighted by molar-refractivity contribution is 0.0594. The summed E-state index contributed by atoms with van der Waals surface area (Å²) in [4.78, 5) is 30.4. The number of fused-ring (bicyclic) bond motifs is 1. The third-order valence-electron chi connectivity index (χ3n) is 4.08. The van der Waals surface area contributed by atoms with Crippen molar-refractivity contribution in [1.29, 1.82) is 0 Å². The maximum Gasteiger partial charge on any atom is 0.357 e. The van der Waals surface area contributed by atoms with Crippen LogP contribution in [0.3, 0.4) is 0 Å². The number of esters is 1. The van der Waals surface area contributed by atoms with E-state index in [0.717, 1.165) is 22.9 Å². The zero-order valence-corrected chi connectivity index (χ0v) is 16.1. The van der Waals surface area contributed by atoms with Crippen LogP contribution in [-0.2, 0) is 11.3 Å². The Morgan fingerprint density at radius 1 is 1.19 bits per heavy atom. The molecule has 7 heteroatoms. The SMILES string of the molecule is CCCN(Cc1nc(C(=O)OC)cs1)C(=O)Nc1cccc2ccccc12. The van der Waals surface area contributed by atoms with E-state index < -0.39 is 5.97 Å². The van der Waals surface area contributed by atoms with Crippen molar-refractivity contribution in [3.63, 3.8) is 0 Å². The highest BCUT2D eigenvalue weighted by Crippen LogP contribution is 2.23. The largest absolute Gasteiger partial charge is 0.464 e. The van der Waals surface area contributed by atoms with E-state index in [0.29, 0.717) is 18.1 Å². The molecule has 0 radical (unpaired) electrons. The van der Waals surface area contributed by atoms with Gasteiger partial charge in [0, 0.05) is 17.3 Å². The predicted octanol–water partition coefficient (Wildman–Crippen LogP) is 4.53. The number of carbonyl (C=O) groups excluding carboxylic acids is 2. The summed E-state index contributed by atoms with van der Waals surface area (Å²) in [6.45, 7) is 2.94. The van der Waals surface area contributed by atoms with Crippen molar-refractivity contribution in [2.75, 3.05) is 19.0 Å². The Kier molecular flexibility index (Phi) is 6.03. The maximum absolute atomic E-state index is 12.8. The molecule has 6 nitrogen and oxygen atoms in total. The number of urea groups is 1. The molecule has 2 amide bonds. The standard InChI is InChI=1S/C20H21N3O3S/c1-3-11-23(12-18-21-17(13-27-18)19(24)26-2)20(25)22-16-10-6-8-14-7-4-5-9-15(14)16/h4-10,13H,3,11-12H2,1-2H3,(H,22,25). The van der Waals surface area contributed by atoms with E-state index in [2.05, 4.69) is 15.0 Å². The van der Waals surface area contributed by atoms with Gasteiger partial charge in [-0.1, -0.05) is 43.3 Å². The van der Waals surface area contributed by atoms with E-state index in [1.54, 1.807) is 10.3 Å². The van der Waals surface area contributed by atoms with Gasteiger partial charge in [0.05, 0.1) is 19.3 Å². The topological polar surface area (TPSA) is 71.5 Å². The minimum absolute atomic E-state index is 0.192. The number of amides is 2. The molecule has 3 aromatic rings. The molecular weight excluding hydrogens is 362 g/mol. The first-order valence-electron chi connectivity index (χ1n) is 8.68. The van der Waals surface area contributed by atoms with Crippen molar-refractivity contribution in [3.8, 4) is 0 Å². The summed E-state index contributed by atoms with van der Waals surface area (Å²) in [6, 6.07) is 13.6. The van der Waals surface area contributed by atoms with Crippen molar-refractivity contribution in [2.24, 2.45) is 0 Å². The van der Waals surface area contributed by atoms with Crippen LogP contribution in [0.2, 0.25) is 0 Å². The number of hydrogen-bond acceptors (Lipinski definition) is 5. The molecule has 2 aromatic carbocycles. The molecule has 0 spiro atoms. The van der Waals surface area contributed by atoms with Gasteiger partial charge in [0.1, 0.15) is 5.01 Å². The molecule has 0 atom stereocenters. The fourth-order valence-corrected chi connectivity index (χ4v) is 3.57. The van der Waals surface area contributed by atoms with Crippen LogP contribution in [0.5, 0.6) is 0 Å². The fourth-order valence-electron chi connectivity index (χ4n) is 2.80. The number of nitrogens with one attached hydrogen (secondary N) is 1. The van der Waals surface area contributed by atoms with Crippen molar-refractivity contribution < 1.29 is 14.3 Å². The van der Waals surface area contributed by atoms with Gasteiger partial charge in [-0.05, 0) is 17.9 Å². The lowest BCUT2D eigenvalue weighted by atomic mass is 10.1. The van der Waals surface area contributed by atoms with Gasteiger partial charge in [-0.3, -0.25) is 0 Å². The first-order valence-corrected chi connectivity index (χ1v) is 9.56. The Morgan fingerprint density at radius 3 is 2.74 bits per heavy atom. The number of hydrogen-bond donors (Lipinski definition) is 1. The molecule has 0 fully saturated rings. The maximum atomic E-state index is 12.8. The molecule has 0 saturated carbocycles. The quantitative estimate of drug-likeness (QED) is 0.635. The van der Waals surface area contributed by atoms with Gasteiger partial charge in [0.15, 0.2) is 5.69 Å². The Labute approximate surface area is 161 Å². The molecule has 0 aliphatic rings. The van der Waals surface area contributed by atoms with Gasteiger partial charge >= 0.3 is 12.0 Å². The van der Waals surface area contributed by atoms with Crippen LogP contribution in [0.1, 0.15) is 28.8 Å². The summed E-state index contributed by atoms with van der Waals surface area (Å²) >= 11 is 1.34. The molecule has 27 heavy (non-hydrogen) atoms. The predicted molar refractivity (Wildman–Crippen MR) is 107 cm³/mol. The van der Waals surface area contributed by atoms with Crippen LogP contribution in [0, 0.1) is 0 Å². The van der Waals surface area contributed by atoms with Crippen LogP contribution in [0.25, 0.3) is 10.8 Å². The lowest BCUT2D eigenvalue weighted by Crippen LogP contribution is -2.35.